The van der Waals surface area contributed by atoms with Crippen LogP contribution in [0.15, 0.2) is 0 Å². The molecule has 1 saturated carbocycles. The molecule has 2 nitrogen and oxygen atoms in total. The van der Waals surface area contributed by atoms with E-state index in [4.69, 9.17) is 10.5 Å². The van der Waals surface area contributed by atoms with Gasteiger partial charge in [-0.25, -0.2) is 0 Å². The molecule has 0 bridgehead atoms. The Hall–Kier alpha value is -0.0800. The number of hydrogen-bond donors (Lipinski definition) is 1. The maximum atomic E-state index is 5.96. The van der Waals surface area contributed by atoms with Gasteiger partial charge in [-0.15, -0.1) is 0 Å². The Bertz CT molecular complexity index is 132. The summed E-state index contributed by atoms with van der Waals surface area (Å²) in [6, 6.07) is 0.363. The summed E-state index contributed by atoms with van der Waals surface area (Å²) in [6.45, 7) is 4.41. The largest absolute Gasteiger partial charge is 0.381 e. The second kappa shape index (κ2) is 3.11. The van der Waals surface area contributed by atoms with E-state index >= 15 is 0 Å². The van der Waals surface area contributed by atoms with Crippen molar-refractivity contribution in [2.45, 2.75) is 45.3 Å². The quantitative estimate of drug-likeness (QED) is 0.674. The van der Waals surface area contributed by atoms with Crippen LogP contribution in [0.2, 0.25) is 0 Å². The van der Waals surface area contributed by atoms with Gasteiger partial charge in [0.1, 0.15) is 0 Å². The Kier molecular flexibility index (Phi) is 2.55. The molecule has 0 spiro atoms. The Morgan fingerprint density at radius 3 is 2.18 bits per heavy atom. The molecule has 1 aliphatic carbocycles. The first kappa shape index (κ1) is 9.01. The van der Waals surface area contributed by atoms with E-state index < -0.39 is 0 Å². The van der Waals surface area contributed by atoms with Crippen LogP contribution in [0, 0.1) is 5.41 Å². The van der Waals surface area contributed by atoms with Gasteiger partial charge in [-0.05, 0) is 19.3 Å². The number of nitrogens with two attached hydrogens (primary N) is 1. The molecular weight excluding hydrogens is 138 g/mol. The average molecular weight is 157 g/mol. The van der Waals surface area contributed by atoms with Crippen molar-refractivity contribution in [2.24, 2.45) is 11.1 Å². The second-order valence-corrected chi connectivity index (χ2v) is 3.51. The minimum absolute atomic E-state index is 0.286. The van der Waals surface area contributed by atoms with Crippen LogP contribution in [0.3, 0.4) is 0 Å². The van der Waals surface area contributed by atoms with Crippen LogP contribution in [0.25, 0.3) is 0 Å². The van der Waals surface area contributed by atoms with Crippen molar-refractivity contribution in [2.75, 3.05) is 7.11 Å². The molecule has 2 heteroatoms. The highest BCUT2D eigenvalue weighted by molar-refractivity contribution is 5.04. The topological polar surface area (TPSA) is 35.2 Å². The van der Waals surface area contributed by atoms with Gasteiger partial charge in [-0.2, -0.15) is 0 Å². The third-order valence-corrected chi connectivity index (χ3v) is 3.45. The Labute approximate surface area is 69.1 Å². The Morgan fingerprint density at radius 1 is 1.45 bits per heavy atom. The van der Waals surface area contributed by atoms with Gasteiger partial charge in [-0.1, -0.05) is 13.8 Å². The van der Waals surface area contributed by atoms with E-state index in [0.29, 0.717) is 12.1 Å². The monoisotopic (exact) mass is 157 g/mol. The van der Waals surface area contributed by atoms with E-state index in [9.17, 15) is 0 Å². The molecule has 0 heterocycles. The summed E-state index contributed by atoms with van der Waals surface area (Å²) in [4.78, 5) is 0. The molecule has 2 unspecified atom stereocenters. The van der Waals surface area contributed by atoms with E-state index in [1.807, 2.05) is 0 Å². The molecular formula is C9H19NO. The van der Waals surface area contributed by atoms with E-state index in [1.54, 1.807) is 7.11 Å². The number of methoxy groups -OCH3 is 1. The first-order chi connectivity index (χ1) is 5.21. The first-order valence-electron chi connectivity index (χ1n) is 4.49. The molecule has 0 aromatic rings. The number of hydrogen-bond acceptors (Lipinski definition) is 2. The van der Waals surface area contributed by atoms with Crippen molar-refractivity contribution in [1.29, 1.82) is 0 Å². The van der Waals surface area contributed by atoms with Gasteiger partial charge in [0.05, 0.1) is 6.10 Å². The molecule has 66 valence electrons. The zero-order valence-electron chi connectivity index (χ0n) is 7.76. The van der Waals surface area contributed by atoms with Gasteiger partial charge in [0.2, 0.25) is 0 Å². The summed E-state index contributed by atoms with van der Waals surface area (Å²) in [5.74, 6) is 0. The first-order valence-corrected chi connectivity index (χ1v) is 4.49. The van der Waals surface area contributed by atoms with Crippen LogP contribution >= 0.6 is 0 Å². The van der Waals surface area contributed by atoms with E-state index in [2.05, 4.69) is 13.8 Å². The van der Waals surface area contributed by atoms with Gasteiger partial charge in [-0.3, -0.25) is 0 Å². The number of ether oxygens (including phenoxy) is 1. The van der Waals surface area contributed by atoms with Gasteiger partial charge in [0.25, 0.3) is 0 Å². The third kappa shape index (κ3) is 1.09. The highest BCUT2D eigenvalue weighted by Crippen LogP contribution is 2.47. The lowest BCUT2D eigenvalue weighted by molar-refractivity contribution is -0.112. The molecule has 1 aliphatic rings. The van der Waals surface area contributed by atoms with Gasteiger partial charge < -0.3 is 10.5 Å². The van der Waals surface area contributed by atoms with Crippen molar-refractivity contribution >= 4 is 0 Å². The maximum absolute atomic E-state index is 5.96. The minimum Gasteiger partial charge on any atom is -0.381 e. The van der Waals surface area contributed by atoms with Gasteiger partial charge in [0, 0.05) is 18.6 Å². The van der Waals surface area contributed by atoms with Crippen LogP contribution in [0.4, 0.5) is 0 Å². The lowest BCUT2D eigenvalue weighted by Gasteiger charge is -2.53. The SMILES string of the molecule is CCC1(CC)C(N)CC1OC. The molecule has 0 saturated heterocycles. The maximum Gasteiger partial charge on any atom is 0.0657 e. The molecule has 0 aromatic heterocycles. The van der Waals surface area contributed by atoms with Crippen molar-refractivity contribution in [3.8, 4) is 0 Å². The predicted molar refractivity (Wildman–Crippen MR) is 46.4 cm³/mol. The highest BCUT2D eigenvalue weighted by Gasteiger charge is 2.50. The fraction of sp³-hybridized carbons (Fsp3) is 1.00. The smallest absolute Gasteiger partial charge is 0.0657 e. The summed E-state index contributed by atoms with van der Waals surface area (Å²) in [6.07, 6.45) is 3.73. The van der Waals surface area contributed by atoms with Crippen LogP contribution in [0.1, 0.15) is 33.1 Å². The average Bonchev–Trinajstić information content (AvgIpc) is 2.02. The van der Waals surface area contributed by atoms with Crippen molar-refractivity contribution in [1.82, 2.24) is 0 Å². The van der Waals surface area contributed by atoms with Crippen molar-refractivity contribution in [3.63, 3.8) is 0 Å². The lowest BCUT2D eigenvalue weighted by Crippen LogP contribution is -2.61. The van der Waals surface area contributed by atoms with Crippen LogP contribution < -0.4 is 5.73 Å². The summed E-state index contributed by atoms with van der Waals surface area (Å²) in [5.41, 5.74) is 6.25. The van der Waals surface area contributed by atoms with E-state index in [-0.39, 0.29) is 5.41 Å². The molecule has 11 heavy (non-hydrogen) atoms. The van der Waals surface area contributed by atoms with Gasteiger partial charge in [0.15, 0.2) is 0 Å². The molecule has 1 rings (SSSR count). The summed E-state index contributed by atoms with van der Waals surface area (Å²) in [5, 5.41) is 0. The van der Waals surface area contributed by atoms with Crippen LogP contribution in [-0.4, -0.2) is 19.3 Å². The zero-order chi connectivity index (χ0) is 8.48. The van der Waals surface area contributed by atoms with E-state index in [0.717, 1.165) is 19.3 Å². The van der Waals surface area contributed by atoms with Crippen molar-refractivity contribution in [3.05, 3.63) is 0 Å². The molecule has 2 atom stereocenters. The fourth-order valence-electron chi connectivity index (χ4n) is 2.34. The summed E-state index contributed by atoms with van der Waals surface area (Å²) < 4.78 is 5.37. The normalized spacial score (nSPS) is 34.9. The molecule has 2 N–H and O–H groups in total. The van der Waals surface area contributed by atoms with Gasteiger partial charge >= 0.3 is 0 Å². The third-order valence-electron chi connectivity index (χ3n) is 3.45. The Balaban J connectivity index is 2.62. The number of rotatable bonds is 3. The van der Waals surface area contributed by atoms with Crippen molar-refractivity contribution < 1.29 is 4.74 Å². The fourth-order valence-corrected chi connectivity index (χ4v) is 2.34. The second-order valence-electron chi connectivity index (χ2n) is 3.51. The van der Waals surface area contributed by atoms with Crippen LogP contribution in [-0.2, 0) is 4.74 Å². The Morgan fingerprint density at radius 2 is 2.00 bits per heavy atom. The van der Waals surface area contributed by atoms with E-state index in [1.165, 1.54) is 0 Å². The molecule has 0 radical (unpaired) electrons. The lowest BCUT2D eigenvalue weighted by atomic mass is 9.59. The summed E-state index contributed by atoms with van der Waals surface area (Å²) >= 11 is 0. The zero-order valence-corrected chi connectivity index (χ0v) is 7.76. The molecule has 0 aliphatic heterocycles. The molecule has 0 amide bonds. The minimum atomic E-state index is 0.286. The highest BCUT2D eigenvalue weighted by atomic mass is 16.5. The molecule has 1 fully saturated rings. The summed E-state index contributed by atoms with van der Waals surface area (Å²) in [7, 11) is 1.79. The standard InChI is InChI=1S/C9H19NO/c1-4-9(5-2)7(10)6-8(9)11-3/h7-8H,4-6,10H2,1-3H3. The van der Waals surface area contributed by atoms with Crippen LogP contribution in [0.5, 0.6) is 0 Å². The predicted octanol–water partition coefficient (Wildman–Crippen LogP) is 1.54. The molecule has 0 aromatic carbocycles.